The summed E-state index contributed by atoms with van der Waals surface area (Å²) in [5.74, 6) is 0.0386. The number of halogens is 1. The van der Waals surface area contributed by atoms with Crippen molar-refractivity contribution in [3.63, 3.8) is 0 Å². The predicted octanol–water partition coefficient (Wildman–Crippen LogP) is 1.28. The van der Waals surface area contributed by atoms with Crippen molar-refractivity contribution in [2.45, 2.75) is 63.6 Å². The molecule has 4 nitrogen and oxygen atoms in total. The average molecular weight is 276 g/mol. The van der Waals surface area contributed by atoms with E-state index in [0.717, 1.165) is 44.8 Å². The van der Waals surface area contributed by atoms with Crippen molar-refractivity contribution in [2.24, 2.45) is 5.73 Å². The van der Waals surface area contributed by atoms with Crippen LogP contribution in [0.5, 0.6) is 0 Å². The molecular formula is C13H26ClN3O. The van der Waals surface area contributed by atoms with Gasteiger partial charge in [-0.15, -0.1) is 12.4 Å². The molecule has 5 heteroatoms. The summed E-state index contributed by atoms with van der Waals surface area (Å²) in [6.07, 6.45) is 6.67. The van der Waals surface area contributed by atoms with Crippen LogP contribution < -0.4 is 11.1 Å². The van der Waals surface area contributed by atoms with Gasteiger partial charge in [0.1, 0.15) is 0 Å². The molecule has 1 atom stereocenters. The van der Waals surface area contributed by atoms with Gasteiger partial charge in [-0.3, -0.25) is 4.79 Å². The molecule has 2 aliphatic rings. The van der Waals surface area contributed by atoms with Gasteiger partial charge in [0.2, 0.25) is 5.91 Å². The molecule has 3 N–H and O–H groups in total. The van der Waals surface area contributed by atoms with Crippen LogP contribution in [0, 0.1) is 0 Å². The minimum absolute atomic E-state index is 0. The number of hydrogen-bond acceptors (Lipinski definition) is 3. The number of rotatable bonds is 5. The number of nitrogens with zero attached hydrogens (tertiary/aromatic N) is 1. The summed E-state index contributed by atoms with van der Waals surface area (Å²) < 4.78 is 0. The maximum atomic E-state index is 11.8. The Bertz CT molecular complexity index is 263. The summed E-state index contributed by atoms with van der Waals surface area (Å²) in [6, 6.07) is 0.885. The highest BCUT2D eigenvalue weighted by atomic mass is 35.5. The Morgan fingerprint density at radius 1 is 1.33 bits per heavy atom. The largest absolute Gasteiger partial charge is 0.352 e. The van der Waals surface area contributed by atoms with Gasteiger partial charge in [0.15, 0.2) is 0 Å². The minimum Gasteiger partial charge on any atom is -0.352 e. The minimum atomic E-state index is -0.318. The third-order valence-corrected chi connectivity index (χ3v) is 3.88. The summed E-state index contributed by atoms with van der Waals surface area (Å²) in [4.78, 5) is 14.3. The van der Waals surface area contributed by atoms with Crippen molar-refractivity contribution in [3.05, 3.63) is 0 Å². The maximum absolute atomic E-state index is 11.8. The van der Waals surface area contributed by atoms with Gasteiger partial charge in [0, 0.05) is 25.2 Å². The van der Waals surface area contributed by atoms with Crippen LogP contribution in [0.4, 0.5) is 0 Å². The lowest BCUT2D eigenvalue weighted by atomic mass is 10.0. The first-order valence-electron chi connectivity index (χ1n) is 7.00. The third kappa shape index (κ3) is 4.41. The molecule has 1 aliphatic carbocycles. The van der Waals surface area contributed by atoms with E-state index in [-0.39, 0.29) is 24.4 Å². The second-order valence-corrected chi connectivity index (χ2v) is 5.45. The molecule has 1 aliphatic heterocycles. The lowest BCUT2D eigenvalue weighted by Gasteiger charge is -2.32. The molecule has 18 heavy (non-hydrogen) atoms. The molecule has 0 aromatic carbocycles. The van der Waals surface area contributed by atoms with E-state index in [9.17, 15) is 4.79 Å². The Morgan fingerprint density at radius 2 is 1.94 bits per heavy atom. The van der Waals surface area contributed by atoms with Gasteiger partial charge < -0.3 is 16.0 Å². The van der Waals surface area contributed by atoms with Gasteiger partial charge in [0.05, 0.1) is 6.04 Å². The lowest BCUT2D eigenvalue weighted by molar-refractivity contribution is -0.123. The molecular weight excluding hydrogens is 250 g/mol. The molecule has 1 heterocycles. The summed E-state index contributed by atoms with van der Waals surface area (Å²) >= 11 is 0. The number of piperidine rings is 1. The van der Waals surface area contributed by atoms with Crippen LogP contribution in [0.3, 0.4) is 0 Å². The van der Waals surface area contributed by atoms with Crippen LogP contribution in [-0.4, -0.2) is 42.0 Å². The Labute approximate surface area is 116 Å². The first-order valence-corrected chi connectivity index (χ1v) is 7.00. The zero-order valence-corrected chi connectivity index (χ0v) is 12.0. The second kappa shape index (κ2) is 7.31. The van der Waals surface area contributed by atoms with Crippen LogP contribution in [0.25, 0.3) is 0 Å². The topological polar surface area (TPSA) is 58.4 Å². The summed E-state index contributed by atoms with van der Waals surface area (Å²) in [5.41, 5.74) is 5.81. The van der Waals surface area contributed by atoms with E-state index in [0.29, 0.717) is 6.04 Å². The Morgan fingerprint density at radius 3 is 2.44 bits per heavy atom. The van der Waals surface area contributed by atoms with Crippen LogP contribution in [0.2, 0.25) is 0 Å². The predicted molar refractivity (Wildman–Crippen MR) is 75.9 cm³/mol. The number of hydrogen-bond donors (Lipinski definition) is 2. The molecule has 0 aromatic rings. The summed E-state index contributed by atoms with van der Waals surface area (Å²) in [5, 5.41) is 3.09. The van der Waals surface area contributed by atoms with Crippen molar-refractivity contribution in [3.8, 4) is 0 Å². The van der Waals surface area contributed by atoms with Gasteiger partial charge in [-0.05, 0) is 32.1 Å². The fourth-order valence-corrected chi connectivity index (χ4v) is 2.60. The SMILES string of the molecule is CCCC(N)C(=O)NC1CCN(C2CC2)CC1.Cl. The molecule has 1 saturated heterocycles. The molecule has 106 valence electrons. The number of nitrogens with two attached hydrogens (primary N) is 1. The second-order valence-electron chi connectivity index (χ2n) is 5.45. The smallest absolute Gasteiger partial charge is 0.237 e. The monoisotopic (exact) mass is 275 g/mol. The van der Waals surface area contributed by atoms with E-state index in [4.69, 9.17) is 5.73 Å². The van der Waals surface area contributed by atoms with Crippen molar-refractivity contribution >= 4 is 18.3 Å². The average Bonchev–Trinajstić information content (AvgIpc) is 3.14. The molecule has 0 bridgehead atoms. The van der Waals surface area contributed by atoms with E-state index in [1.54, 1.807) is 0 Å². The van der Waals surface area contributed by atoms with E-state index in [2.05, 4.69) is 17.1 Å². The standard InChI is InChI=1S/C13H25N3O.ClH/c1-2-3-12(14)13(17)15-10-6-8-16(9-7-10)11-4-5-11;/h10-12H,2-9,14H2,1H3,(H,15,17);1H. The molecule has 1 unspecified atom stereocenters. The first kappa shape index (κ1) is 15.7. The van der Waals surface area contributed by atoms with E-state index < -0.39 is 0 Å². The van der Waals surface area contributed by atoms with E-state index in [1.165, 1.54) is 12.8 Å². The summed E-state index contributed by atoms with van der Waals surface area (Å²) in [7, 11) is 0. The fourth-order valence-electron chi connectivity index (χ4n) is 2.60. The van der Waals surface area contributed by atoms with E-state index in [1.807, 2.05) is 0 Å². The number of nitrogens with one attached hydrogen (secondary N) is 1. The van der Waals surface area contributed by atoms with Gasteiger partial charge >= 0.3 is 0 Å². The molecule has 0 radical (unpaired) electrons. The highest BCUT2D eigenvalue weighted by molar-refractivity contribution is 5.85. The molecule has 1 amide bonds. The Balaban J connectivity index is 0.00000162. The van der Waals surface area contributed by atoms with Crippen molar-refractivity contribution in [2.75, 3.05) is 13.1 Å². The fraction of sp³-hybridized carbons (Fsp3) is 0.923. The Hall–Kier alpha value is -0.320. The van der Waals surface area contributed by atoms with Crippen molar-refractivity contribution in [1.82, 2.24) is 10.2 Å². The molecule has 0 spiro atoms. The normalized spacial score (nSPS) is 23.2. The number of likely N-dealkylation sites (tertiary alicyclic amines) is 1. The Kier molecular flexibility index (Phi) is 6.39. The third-order valence-electron chi connectivity index (χ3n) is 3.88. The first-order chi connectivity index (χ1) is 8.20. The summed E-state index contributed by atoms with van der Waals surface area (Å²) in [6.45, 7) is 4.33. The zero-order valence-electron chi connectivity index (χ0n) is 11.2. The highest BCUT2D eigenvalue weighted by Crippen LogP contribution is 2.29. The molecule has 0 aromatic heterocycles. The highest BCUT2D eigenvalue weighted by Gasteiger charge is 2.32. The van der Waals surface area contributed by atoms with E-state index >= 15 is 0 Å². The lowest BCUT2D eigenvalue weighted by Crippen LogP contribution is -2.49. The van der Waals surface area contributed by atoms with Crippen LogP contribution in [0.1, 0.15) is 45.4 Å². The van der Waals surface area contributed by atoms with Gasteiger partial charge in [0.25, 0.3) is 0 Å². The number of carbonyl (C=O) groups is 1. The van der Waals surface area contributed by atoms with Crippen LogP contribution in [0.15, 0.2) is 0 Å². The zero-order chi connectivity index (χ0) is 12.3. The van der Waals surface area contributed by atoms with Crippen molar-refractivity contribution in [1.29, 1.82) is 0 Å². The van der Waals surface area contributed by atoms with Crippen LogP contribution >= 0.6 is 12.4 Å². The quantitative estimate of drug-likeness (QED) is 0.795. The van der Waals surface area contributed by atoms with Crippen molar-refractivity contribution < 1.29 is 4.79 Å². The number of amides is 1. The molecule has 1 saturated carbocycles. The van der Waals surface area contributed by atoms with Gasteiger partial charge in [-0.2, -0.15) is 0 Å². The molecule has 2 rings (SSSR count). The van der Waals surface area contributed by atoms with Gasteiger partial charge in [-0.1, -0.05) is 13.3 Å². The maximum Gasteiger partial charge on any atom is 0.237 e. The number of carbonyl (C=O) groups excluding carboxylic acids is 1. The van der Waals surface area contributed by atoms with Gasteiger partial charge in [-0.25, -0.2) is 0 Å². The molecule has 2 fully saturated rings. The van der Waals surface area contributed by atoms with Crippen LogP contribution in [-0.2, 0) is 4.79 Å².